The summed E-state index contributed by atoms with van der Waals surface area (Å²) in [5.74, 6) is 1.16. The maximum absolute atomic E-state index is 12.3. The van der Waals surface area contributed by atoms with Crippen molar-refractivity contribution in [3.8, 4) is 11.5 Å². The minimum atomic E-state index is -0.305. The highest BCUT2D eigenvalue weighted by Gasteiger charge is 2.25. The van der Waals surface area contributed by atoms with Gasteiger partial charge in [0.2, 0.25) is 0 Å². The van der Waals surface area contributed by atoms with E-state index < -0.39 is 0 Å². The van der Waals surface area contributed by atoms with Gasteiger partial charge in [-0.3, -0.25) is 4.79 Å². The minimum absolute atomic E-state index is 0.0193. The largest absolute Gasteiger partial charge is 0.497 e. The molecule has 1 unspecified atom stereocenters. The van der Waals surface area contributed by atoms with E-state index in [1.54, 1.807) is 25.3 Å². The van der Waals surface area contributed by atoms with Gasteiger partial charge in [-0.15, -0.1) is 0 Å². The van der Waals surface area contributed by atoms with E-state index in [9.17, 15) is 4.79 Å². The lowest BCUT2D eigenvalue weighted by Crippen LogP contribution is -2.46. The van der Waals surface area contributed by atoms with Crippen molar-refractivity contribution in [3.05, 3.63) is 23.8 Å². The number of ether oxygens (including phenoxy) is 3. The molecule has 1 aromatic rings. The molecule has 1 saturated heterocycles. The molecule has 5 nitrogen and oxygen atoms in total. The number of morpholine rings is 1. The normalized spacial score (nSPS) is 19.3. The lowest BCUT2D eigenvalue weighted by atomic mass is 10.0. The molecule has 5 heteroatoms. The molecule has 1 atom stereocenters. The first kappa shape index (κ1) is 12.9. The van der Waals surface area contributed by atoms with Gasteiger partial charge < -0.3 is 19.5 Å². The summed E-state index contributed by atoms with van der Waals surface area (Å²) in [6.07, 6.45) is 0. The van der Waals surface area contributed by atoms with Gasteiger partial charge in [0, 0.05) is 12.6 Å². The van der Waals surface area contributed by atoms with Crippen LogP contribution in [0, 0.1) is 0 Å². The molecule has 98 valence electrons. The number of Topliss-reactive ketones (excluding diaryl/α,β-unsaturated/α-hetero) is 1. The van der Waals surface area contributed by atoms with Crippen LogP contribution in [0.15, 0.2) is 18.2 Å². The number of ketones is 1. The summed E-state index contributed by atoms with van der Waals surface area (Å²) < 4.78 is 15.6. The van der Waals surface area contributed by atoms with Gasteiger partial charge in [-0.1, -0.05) is 0 Å². The molecule has 1 aliphatic heterocycles. The molecule has 0 bridgehead atoms. The van der Waals surface area contributed by atoms with Crippen LogP contribution in [0.5, 0.6) is 11.5 Å². The van der Waals surface area contributed by atoms with Gasteiger partial charge in [0.05, 0.1) is 39.0 Å². The Kier molecular flexibility index (Phi) is 4.17. The van der Waals surface area contributed by atoms with Crippen LogP contribution in [0.3, 0.4) is 0 Å². The minimum Gasteiger partial charge on any atom is -0.497 e. The highest BCUT2D eigenvalue weighted by atomic mass is 16.5. The van der Waals surface area contributed by atoms with Crippen molar-refractivity contribution < 1.29 is 19.0 Å². The zero-order valence-electron chi connectivity index (χ0n) is 10.6. The number of rotatable bonds is 4. The maximum atomic E-state index is 12.3. The van der Waals surface area contributed by atoms with E-state index in [1.165, 1.54) is 7.11 Å². The first-order valence-electron chi connectivity index (χ1n) is 5.83. The van der Waals surface area contributed by atoms with Crippen molar-refractivity contribution in [1.29, 1.82) is 0 Å². The van der Waals surface area contributed by atoms with E-state index in [4.69, 9.17) is 14.2 Å². The molecule has 0 radical (unpaired) electrons. The first-order chi connectivity index (χ1) is 8.76. The zero-order valence-corrected chi connectivity index (χ0v) is 10.6. The summed E-state index contributed by atoms with van der Waals surface area (Å²) in [5, 5.41) is 3.14. The number of hydrogen-bond acceptors (Lipinski definition) is 5. The van der Waals surface area contributed by atoms with Gasteiger partial charge >= 0.3 is 0 Å². The lowest BCUT2D eigenvalue weighted by molar-refractivity contribution is 0.0605. The van der Waals surface area contributed by atoms with Crippen LogP contribution in [-0.2, 0) is 4.74 Å². The average Bonchev–Trinajstić information content (AvgIpc) is 2.46. The Balaban J connectivity index is 2.23. The highest BCUT2D eigenvalue weighted by molar-refractivity contribution is 6.02. The number of methoxy groups -OCH3 is 2. The molecular weight excluding hydrogens is 234 g/mol. The molecule has 0 saturated carbocycles. The van der Waals surface area contributed by atoms with Crippen molar-refractivity contribution in [1.82, 2.24) is 5.32 Å². The Morgan fingerprint density at radius 2 is 2.22 bits per heavy atom. The first-order valence-corrected chi connectivity index (χ1v) is 5.83. The predicted molar refractivity (Wildman–Crippen MR) is 66.5 cm³/mol. The SMILES string of the molecule is COc1ccc(C(=O)C2COCCN2)c(OC)c1. The zero-order chi connectivity index (χ0) is 13.0. The van der Waals surface area contributed by atoms with E-state index in [-0.39, 0.29) is 11.8 Å². The smallest absolute Gasteiger partial charge is 0.185 e. The number of carbonyl (C=O) groups is 1. The second-order valence-electron chi connectivity index (χ2n) is 4.01. The van der Waals surface area contributed by atoms with E-state index in [0.29, 0.717) is 36.8 Å². The molecular formula is C13H17NO4. The van der Waals surface area contributed by atoms with E-state index in [0.717, 1.165) is 0 Å². The van der Waals surface area contributed by atoms with E-state index in [2.05, 4.69) is 5.32 Å². The maximum Gasteiger partial charge on any atom is 0.185 e. The Bertz CT molecular complexity index is 427. The van der Waals surface area contributed by atoms with Crippen LogP contribution in [0.1, 0.15) is 10.4 Å². The number of carbonyl (C=O) groups excluding carboxylic acids is 1. The molecule has 0 aromatic heterocycles. The Hall–Kier alpha value is -1.59. The fourth-order valence-electron chi connectivity index (χ4n) is 1.92. The van der Waals surface area contributed by atoms with Crippen molar-refractivity contribution in [2.24, 2.45) is 0 Å². The molecule has 18 heavy (non-hydrogen) atoms. The lowest BCUT2D eigenvalue weighted by Gasteiger charge is -2.23. The molecule has 2 rings (SSSR count). The highest BCUT2D eigenvalue weighted by Crippen LogP contribution is 2.25. The molecule has 1 aromatic carbocycles. The average molecular weight is 251 g/mol. The number of benzene rings is 1. The van der Waals surface area contributed by atoms with Gasteiger partial charge in [-0.05, 0) is 12.1 Å². The molecule has 1 heterocycles. The molecule has 0 aliphatic carbocycles. The van der Waals surface area contributed by atoms with Gasteiger partial charge in [0.15, 0.2) is 5.78 Å². The summed E-state index contributed by atoms with van der Waals surface area (Å²) in [7, 11) is 3.11. The van der Waals surface area contributed by atoms with Crippen LogP contribution in [0.25, 0.3) is 0 Å². The van der Waals surface area contributed by atoms with Crippen molar-refractivity contribution >= 4 is 5.78 Å². The number of nitrogens with one attached hydrogen (secondary N) is 1. The Morgan fingerprint density at radius 3 is 2.83 bits per heavy atom. The third-order valence-corrected chi connectivity index (χ3v) is 2.91. The van der Waals surface area contributed by atoms with Crippen LogP contribution < -0.4 is 14.8 Å². The van der Waals surface area contributed by atoms with Crippen molar-refractivity contribution in [2.45, 2.75) is 6.04 Å². The summed E-state index contributed by atoms with van der Waals surface area (Å²) in [4.78, 5) is 12.3. The third kappa shape index (κ3) is 2.63. The summed E-state index contributed by atoms with van der Waals surface area (Å²) in [6, 6.07) is 4.87. The van der Waals surface area contributed by atoms with Crippen LogP contribution in [-0.4, -0.2) is 45.8 Å². The van der Waals surface area contributed by atoms with E-state index in [1.807, 2.05) is 0 Å². The second kappa shape index (κ2) is 5.84. The monoisotopic (exact) mass is 251 g/mol. The Morgan fingerprint density at radius 1 is 1.39 bits per heavy atom. The molecule has 0 amide bonds. The van der Waals surface area contributed by atoms with Crippen molar-refractivity contribution in [2.75, 3.05) is 34.0 Å². The Labute approximate surface area is 106 Å². The van der Waals surface area contributed by atoms with Gasteiger partial charge in [-0.25, -0.2) is 0 Å². The third-order valence-electron chi connectivity index (χ3n) is 2.91. The van der Waals surface area contributed by atoms with Gasteiger partial charge in [0.1, 0.15) is 11.5 Å². The van der Waals surface area contributed by atoms with Crippen LogP contribution >= 0.6 is 0 Å². The summed E-state index contributed by atoms with van der Waals surface area (Å²) in [5.41, 5.74) is 0.543. The molecule has 1 N–H and O–H groups in total. The standard InChI is InChI=1S/C13H17NO4/c1-16-9-3-4-10(12(7-9)17-2)13(15)11-8-18-6-5-14-11/h3-4,7,11,14H,5-6,8H2,1-2H3. The summed E-state index contributed by atoms with van der Waals surface area (Å²) in [6.45, 7) is 1.73. The molecule has 0 spiro atoms. The van der Waals surface area contributed by atoms with Crippen LogP contribution in [0.2, 0.25) is 0 Å². The predicted octanol–water partition coefficient (Wildman–Crippen LogP) is 0.875. The molecule has 1 fully saturated rings. The van der Waals surface area contributed by atoms with Gasteiger partial charge in [-0.2, -0.15) is 0 Å². The summed E-state index contributed by atoms with van der Waals surface area (Å²) >= 11 is 0. The fraction of sp³-hybridized carbons (Fsp3) is 0.462. The molecule has 1 aliphatic rings. The van der Waals surface area contributed by atoms with E-state index >= 15 is 0 Å². The van der Waals surface area contributed by atoms with Crippen molar-refractivity contribution in [3.63, 3.8) is 0 Å². The van der Waals surface area contributed by atoms with Crippen LogP contribution in [0.4, 0.5) is 0 Å². The quantitative estimate of drug-likeness (QED) is 0.805. The fourth-order valence-corrected chi connectivity index (χ4v) is 1.92. The number of hydrogen-bond donors (Lipinski definition) is 1. The topological polar surface area (TPSA) is 56.8 Å². The van der Waals surface area contributed by atoms with Gasteiger partial charge in [0.25, 0.3) is 0 Å². The second-order valence-corrected chi connectivity index (χ2v) is 4.01.